The van der Waals surface area contributed by atoms with E-state index in [1.54, 1.807) is 0 Å². The molecule has 0 saturated heterocycles. The molecule has 0 aliphatic heterocycles. The van der Waals surface area contributed by atoms with Gasteiger partial charge < -0.3 is 20.1 Å². The van der Waals surface area contributed by atoms with Gasteiger partial charge in [-0.05, 0) is 39.8 Å². The number of amides is 1. The van der Waals surface area contributed by atoms with Crippen molar-refractivity contribution < 1.29 is 14.6 Å². The highest BCUT2D eigenvalue weighted by Gasteiger charge is 2.05. The van der Waals surface area contributed by atoms with Gasteiger partial charge in [-0.3, -0.25) is 0 Å². The molecular weight excluding hydrogens is 220 g/mol. The maximum Gasteiger partial charge on any atom is 0.407 e. The van der Waals surface area contributed by atoms with E-state index in [1.807, 2.05) is 13.8 Å². The van der Waals surface area contributed by atoms with E-state index in [4.69, 9.17) is 9.84 Å². The summed E-state index contributed by atoms with van der Waals surface area (Å²) in [5, 5.41) is 11.6. The van der Waals surface area contributed by atoms with Gasteiger partial charge in [-0.2, -0.15) is 0 Å². The van der Waals surface area contributed by atoms with Gasteiger partial charge in [0.1, 0.15) is 0 Å². The molecule has 0 aromatic rings. The van der Waals surface area contributed by atoms with E-state index in [0.717, 1.165) is 25.9 Å². The summed E-state index contributed by atoms with van der Waals surface area (Å²) >= 11 is 0. The van der Waals surface area contributed by atoms with Gasteiger partial charge in [0.05, 0.1) is 12.7 Å². The fourth-order valence-corrected chi connectivity index (χ4v) is 1.54. The Morgan fingerprint density at radius 1 is 1.35 bits per heavy atom. The van der Waals surface area contributed by atoms with Crippen LogP contribution in [0.4, 0.5) is 4.79 Å². The van der Waals surface area contributed by atoms with Gasteiger partial charge in [-0.1, -0.05) is 6.92 Å². The third-order valence-electron chi connectivity index (χ3n) is 2.22. The fraction of sp³-hybridized carbons (Fsp3) is 0.917. The second kappa shape index (κ2) is 10.4. The first-order chi connectivity index (χ1) is 8.10. The zero-order valence-corrected chi connectivity index (χ0v) is 11.2. The molecule has 0 radical (unpaired) electrons. The molecule has 0 unspecified atom stereocenters. The Bertz CT molecular complexity index is 192. The van der Waals surface area contributed by atoms with E-state index in [9.17, 15) is 4.79 Å². The van der Waals surface area contributed by atoms with Crippen LogP contribution in [0.3, 0.4) is 0 Å². The van der Waals surface area contributed by atoms with Crippen molar-refractivity contribution in [2.24, 2.45) is 0 Å². The van der Waals surface area contributed by atoms with Crippen LogP contribution in [0.1, 0.15) is 33.6 Å². The molecule has 0 spiro atoms. The number of hydrogen-bond donors (Lipinski definition) is 2. The summed E-state index contributed by atoms with van der Waals surface area (Å²) in [5.74, 6) is 0. The quantitative estimate of drug-likeness (QED) is 0.600. The van der Waals surface area contributed by atoms with Gasteiger partial charge in [-0.25, -0.2) is 4.79 Å². The number of aliphatic hydroxyl groups is 1. The van der Waals surface area contributed by atoms with Gasteiger partial charge in [0, 0.05) is 13.1 Å². The molecule has 0 saturated carbocycles. The normalized spacial score (nSPS) is 10.9. The van der Waals surface area contributed by atoms with Crippen LogP contribution >= 0.6 is 0 Å². The smallest absolute Gasteiger partial charge is 0.407 e. The molecule has 5 heteroatoms. The number of ether oxygens (including phenoxy) is 1. The molecule has 0 rings (SSSR count). The molecule has 0 bridgehead atoms. The van der Waals surface area contributed by atoms with Crippen LogP contribution < -0.4 is 5.32 Å². The van der Waals surface area contributed by atoms with E-state index in [0.29, 0.717) is 13.1 Å². The molecule has 0 fully saturated rings. The van der Waals surface area contributed by atoms with Crippen LogP contribution in [-0.4, -0.2) is 55.0 Å². The Labute approximate surface area is 104 Å². The molecule has 0 atom stereocenters. The van der Waals surface area contributed by atoms with Crippen LogP contribution in [0.15, 0.2) is 0 Å². The molecule has 102 valence electrons. The molecular formula is C12H26N2O3. The second-order valence-corrected chi connectivity index (χ2v) is 4.30. The summed E-state index contributed by atoms with van der Waals surface area (Å²) in [7, 11) is 0. The minimum Gasteiger partial charge on any atom is -0.447 e. The summed E-state index contributed by atoms with van der Waals surface area (Å²) in [6, 6.07) is 0. The van der Waals surface area contributed by atoms with Gasteiger partial charge in [-0.15, -0.1) is 0 Å². The number of nitrogens with zero attached hydrogens (tertiary/aromatic N) is 1. The number of aliphatic hydroxyl groups excluding tert-OH is 1. The minimum absolute atomic E-state index is 0.0824. The predicted molar refractivity (Wildman–Crippen MR) is 68.1 cm³/mol. The van der Waals surface area contributed by atoms with E-state index < -0.39 is 0 Å². The average molecular weight is 246 g/mol. The lowest BCUT2D eigenvalue weighted by Gasteiger charge is -2.20. The number of carbonyl (C=O) groups is 1. The van der Waals surface area contributed by atoms with Crippen molar-refractivity contribution in [2.75, 3.05) is 32.8 Å². The zero-order chi connectivity index (χ0) is 13.1. The van der Waals surface area contributed by atoms with E-state index in [2.05, 4.69) is 17.1 Å². The molecule has 0 aromatic heterocycles. The second-order valence-electron chi connectivity index (χ2n) is 4.30. The number of nitrogens with one attached hydrogen (secondary N) is 1. The molecule has 5 nitrogen and oxygen atoms in total. The van der Waals surface area contributed by atoms with Gasteiger partial charge in [0.15, 0.2) is 0 Å². The van der Waals surface area contributed by atoms with Crippen molar-refractivity contribution in [1.29, 1.82) is 0 Å². The van der Waals surface area contributed by atoms with E-state index >= 15 is 0 Å². The Morgan fingerprint density at radius 3 is 2.59 bits per heavy atom. The molecule has 0 aliphatic rings. The lowest BCUT2D eigenvalue weighted by atomic mass is 10.3. The SMILES string of the molecule is CCCN(CCO)CCCNC(=O)OC(C)C. The Morgan fingerprint density at radius 2 is 2.06 bits per heavy atom. The molecule has 1 amide bonds. The lowest BCUT2D eigenvalue weighted by molar-refractivity contribution is 0.115. The lowest BCUT2D eigenvalue weighted by Crippen LogP contribution is -2.33. The Kier molecular flexibility index (Phi) is 9.86. The molecule has 2 N–H and O–H groups in total. The monoisotopic (exact) mass is 246 g/mol. The van der Waals surface area contributed by atoms with Gasteiger partial charge in [0.25, 0.3) is 0 Å². The van der Waals surface area contributed by atoms with Crippen molar-refractivity contribution in [3.05, 3.63) is 0 Å². The summed E-state index contributed by atoms with van der Waals surface area (Å²) in [6.07, 6.45) is 1.50. The number of hydrogen-bond acceptors (Lipinski definition) is 4. The van der Waals surface area contributed by atoms with E-state index in [1.165, 1.54) is 0 Å². The highest BCUT2D eigenvalue weighted by Crippen LogP contribution is 1.94. The first-order valence-corrected chi connectivity index (χ1v) is 6.37. The maximum absolute atomic E-state index is 11.2. The molecule has 0 aromatic carbocycles. The first kappa shape index (κ1) is 16.2. The van der Waals surface area contributed by atoms with Crippen molar-refractivity contribution >= 4 is 6.09 Å². The third-order valence-corrected chi connectivity index (χ3v) is 2.22. The van der Waals surface area contributed by atoms with Crippen molar-refractivity contribution in [1.82, 2.24) is 10.2 Å². The Hall–Kier alpha value is -0.810. The molecule has 17 heavy (non-hydrogen) atoms. The van der Waals surface area contributed by atoms with Crippen molar-refractivity contribution in [3.63, 3.8) is 0 Å². The van der Waals surface area contributed by atoms with E-state index in [-0.39, 0.29) is 18.8 Å². The molecule has 0 aliphatic carbocycles. The summed E-state index contributed by atoms with van der Waals surface area (Å²) in [5.41, 5.74) is 0. The average Bonchev–Trinajstić information content (AvgIpc) is 2.24. The topological polar surface area (TPSA) is 61.8 Å². The van der Waals surface area contributed by atoms with Crippen molar-refractivity contribution in [3.8, 4) is 0 Å². The zero-order valence-electron chi connectivity index (χ0n) is 11.2. The fourth-order valence-electron chi connectivity index (χ4n) is 1.54. The summed E-state index contributed by atoms with van der Waals surface area (Å²) in [6.45, 7) is 9.12. The van der Waals surface area contributed by atoms with Crippen LogP contribution in [0.25, 0.3) is 0 Å². The van der Waals surface area contributed by atoms with Crippen LogP contribution in [0, 0.1) is 0 Å². The minimum atomic E-state index is -0.357. The van der Waals surface area contributed by atoms with Gasteiger partial charge >= 0.3 is 6.09 Å². The van der Waals surface area contributed by atoms with Crippen LogP contribution in [0.2, 0.25) is 0 Å². The van der Waals surface area contributed by atoms with Crippen molar-refractivity contribution in [2.45, 2.75) is 39.7 Å². The predicted octanol–water partition coefficient (Wildman–Crippen LogP) is 1.22. The Balaban J connectivity index is 3.56. The standard InChI is InChI=1S/C12H26N2O3/c1-4-7-14(9-10-15)8-5-6-13-12(16)17-11(2)3/h11,15H,4-10H2,1-3H3,(H,13,16). The van der Waals surface area contributed by atoms with Crippen LogP contribution in [0.5, 0.6) is 0 Å². The van der Waals surface area contributed by atoms with Gasteiger partial charge in [0.2, 0.25) is 0 Å². The van der Waals surface area contributed by atoms with Crippen LogP contribution in [-0.2, 0) is 4.74 Å². The number of alkyl carbamates (subject to hydrolysis) is 1. The number of carbonyl (C=O) groups excluding carboxylic acids is 1. The maximum atomic E-state index is 11.2. The number of rotatable bonds is 9. The molecule has 0 heterocycles. The first-order valence-electron chi connectivity index (χ1n) is 6.37. The highest BCUT2D eigenvalue weighted by atomic mass is 16.6. The highest BCUT2D eigenvalue weighted by molar-refractivity contribution is 5.67. The summed E-state index contributed by atoms with van der Waals surface area (Å²) in [4.78, 5) is 13.4. The summed E-state index contributed by atoms with van der Waals surface area (Å²) < 4.78 is 4.95. The third kappa shape index (κ3) is 10.1. The largest absolute Gasteiger partial charge is 0.447 e.